The number of hydrogen-bond acceptors (Lipinski definition) is 3. The van der Waals surface area contributed by atoms with Gasteiger partial charge in [-0.25, -0.2) is 0 Å². The average molecular weight is 363 g/mol. The van der Waals surface area contributed by atoms with Crippen molar-refractivity contribution in [3.8, 4) is 11.3 Å². The second-order valence-corrected chi connectivity index (χ2v) is 7.44. The zero-order valence-corrected chi connectivity index (χ0v) is 15.8. The van der Waals surface area contributed by atoms with E-state index < -0.39 is 0 Å². The Morgan fingerprint density at radius 3 is 2.63 bits per heavy atom. The number of benzene rings is 2. The Morgan fingerprint density at radius 2 is 1.96 bits per heavy atom. The molecular weight excluding hydrogens is 338 g/mol. The van der Waals surface area contributed by atoms with Crippen LogP contribution in [0.15, 0.2) is 48.5 Å². The molecule has 4 nitrogen and oxygen atoms in total. The van der Waals surface area contributed by atoms with Crippen molar-refractivity contribution in [2.75, 3.05) is 6.61 Å². The summed E-state index contributed by atoms with van der Waals surface area (Å²) >= 11 is 0. The van der Waals surface area contributed by atoms with E-state index >= 15 is 0 Å². The number of ether oxygens (including phenoxy) is 1. The van der Waals surface area contributed by atoms with Crippen LogP contribution in [0.3, 0.4) is 0 Å². The Bertz CT molecular complexity index is 970. The molecule has 0 amide bonds. The quantitative estimate of drug-likeness (QED) is 0.477. The Kier molecular flexibility index (Phi) is 4.65. The average Bonchev–Trinajstić information content (AvgIpc) is 3.45. The minimum atomic E-state index is -0.369. The summed E-state index contributed by atoms with van der Waals surface area (Å²) in [6.07, 6.45) is 3.09. The van der Waals surface area contributed by atoms with Gasteiger partial charge in [-0.15, -0.1) is 0 Å². The highest BCUT2D eigenvalue weighted by Crippen LogP contribution is 2.45. The summed E-state index contributed by atoms with van der Waals surface area (Å²) in [5.41, 5.74) is 4.26. The fourth-order valence-electron chi connectivity index (χ4n) is 3.89. The molecule has 1 aliphatic carbocycles. The second-order valence-electron chi connectivity index (χ2n) is 7.44. The molecule has 1 aliphatic rings. The smallest absolute Gasteiger partial charge is 0.313 e. The molecular formula is C23H25NO3. The molecule has 4 rings (SSSR count). The molecule has 1 heterocycles. The zero-order valence-electron chi connectivity index (χ0n) is 15.8. The van der Waals surface area contributed by atoms with Gasteiger partial charge in [0.25, 0.3) is 0 Å². The highest BCUT2D eigenvalue weighted by Gasteiger charge is 2.36. The van der Waals surface area contributed by atoms with Crippen molar-refractivity contribution in [1.82, 2.24) is 4.73 Å². The summed E-state index contributed by atoms with van der Waals surface area (Å²) < 4.78 is 6.67. The molecule has 0 spiro atoms. The first-order chi connectivity index (χ1) is 13.1. The maximum atomic E-state index is 12.9. The van der Waals surface area contributed by atoms with E-state index in [9.17, 15) is 10.0 Å². The van der Waals surface area contributed by atoms with Crippen LogP contribution in [-0.2, 0) is 9.53 Å². The topological polar surface area (TPSA) is 51.5 Å². The van der Waals surface area contributed by atoms with Gasteiger partial charge in [-0.05, 0) is 37.8 Å². The van der Waals surface area contributed by atoms with E-state index in [1.807, 2.05) is 62.4 Å². The van der Waals surface area contributed by atoms with Crippen molar-refractivity contribution in [3.63, 3.8) is 0 Å². The number of aromatic nitrogens is 1. The molecule has 1 saturated carbocycles. The monoisotopic (exact) mass is 363 g/mol. The summed E-state index contributed by atoms with van der Waals surface area (Å²) in [4.78, 5) is 12.9. The molecule has 2 aromatic carbocycles. The molecule has 1 aromatic heterocycles. The van der Waals surface area contributed by atoms with E-state index in [2.05, 4.69) is 0 Å². The second kappa shape index (κ2) is 7.10. The van der Waals surface area contributed by atoms with Crippen LogP contribution < -0.4 is 0 Å². The number of carbonyl (C=O) groups is 1. The van der Waals surface area contributed by atoms with Gasteiger partial charge in [-0.3, -0.25) is 4.79 Å². The van der Waals surface area contributed by atoms with E-state index in [1.165, 1.54) is 4.73 Å². The van der Waals surface area contributed by atoms with E-state index in [-0.39, 0.29) is 11.9 Å². The first kappa shape index (κ1) is 17.7. The number of fused-ring (bicyclic) bond motifs is 1. The van der Waals surface area contributed by atoms with Crippen LogP contribution >= 0.6 is 0 Å². The van der Waals surface area contributed by atoms with Crippen LogP contribution in [0.1, 0.15) is 43.2 Å². The van der Waals surface area contributed by atoms with Crippen LogP contribution in [0.5, 0.6) is 0 Å². The number of aryl methyl sites for hydroxylation is 1. The van der Waals surface area contributed by atoms with Crippen LogP contribution in [0.2, 0.25) is 0 Å². The number of rotatable bonds is 6. The first-order valence-electron chi connectivity index (χ1n) is 9.66. The van der Waals surface area contributed by atoms with Crippen molar-refractivity contribution in [1.29, 1.82) is 0 Å². The lowest BCUT2D eigenvalue weighted by Gasteiger charge is -2.17. The maximum Gasteiger partial charge on any atom is 0.313 e. The van der Waals surface area contributed by atoms with Crippen molar-refractivity contribution in [2.24, 2.45) is 5.92 Å². The molecule has 1 fully saturated rings. The molecule has 0 saturated heterocycles. The van der Waals surface area contributed by atoms with Gasteiger partial charge in [0.05, 0.1) is 23.7 Å². The molecule has 0 radical (unpaired) electrons. The Morgan fingerprint density at radius 1 is 1.22 bits per heavy atom. The van der Waals surface area contributed by atoms with Gasteiger partial charge in [0.15, 0.2) is 0 Å². The number of carbonyl (C=O) groups excluding carboxylic acids is 1. The van der Waals surface area contributed by atoms with Gasteiger partial charge < -0.3 is 9.94 Å². The molecule has 1 atom stereocenters. The van der Waals surface area contributed by atoms with Gasteiger partial charge >= 0.3 is 5.97 Å². The molecule has 27 heavy (non-hydrogen) atoms. The third-order valence-electron chi connectivity index (χ3n) is 5.37. The van der Waals surface area contributed by atoms with E-state index in [1.54, 1.807) is 0 Å². The van der Waals surface area contributed by atoms with Crippen LogP contribution in [0, 0.1) is 12.8 Å². The zero-order chi connectivity index (χ0) is 19.0. The SMILES string of the molecule is CCOC(=O)C(CC1CC1)c1c(-c2ccccc2)n(O)c2cc(C)ccc12. The van der Waals surface area contributed by atoms with Gasteiger partial charge in [-0.1, -0.05) is 55.3 Å². The van der Waals surface area contributed by atoms with Crippen molar-refractivity contribution < 1.29 is 14.7 Å². The third-order valence-corrected chi connectivity index (χ3v) is 5.37. The lowest BCUT2D eigenvalue weighted by atomic mass is 9.89. The van der Waals surface area contributed by atoms with Gasteiger partial charge in [0.2, 0.25) is 0 Å². The normalized spacial score (nSPS) is 15.0. The van der Waals surface area contributed by atoms with Crippen molar-refractivity contribution in [3.05, 3.63) is 59.7 Å². The standard InChI is InChI=1S/C23H25NO3/c1-3-27-23(25)19(14-16-10-11-16)21-18-12-9-15(2)13-20(18)24(26)22(21)17-7-5-4-6-8-17/h4-9,12-13,16,19,26H,3,10-11,14H2,1-2H3. The highest BCUT2D eigenvalue weighted by molar-refractivity contribution is 5.97. The molecule has 140 valence electrons. The Balaban J connectivity index is 1.97. The number of esters is 1. The Hall–Kier alpha value is -2.75. The number of hydrogen-bond donors (Lipinski definition) is 1. The molecule has 3 aromatic rings. The van der Waals surface area contributed by atoms with E-state index in [4.69, 9.17) is 4.74 Å². The number of nitrogens with zero attached hydrogens (tertiary/aromatic N) is 1. The predicted molar refractivity (Wildman–Crippen MR) is 106 cm³/mol. The molecule has 0 aliphatic heterocycles. The summed E-state index contributed by atoms with van der Waals surface area (Å²) in [5.74, 6) is -0.00788. The van der Waals surface area contributed by atoms with Gasteiger partial charge in [0.1, 0.15) is 0 Å². The summed E-state index contributed by atoms with van der Waals surface area (Å²) in [7, 11) is 0. The minimum Gasteiger partial charge on any atom is -0.466 e. The summed E-state index contributed by atoms with van der Waals surface area (Å²) in [5, 5.41) is 11.9. The molecule has 0 bridgehead atoms. The molecule has 4 heteroatoms. The van der Waals surface area contributed by atoms with Gasteiger partial charge in [0, 0.05) is 16.5 Å². The third kappa shape index (κ3) is 3.32. The Labute approximate surface area is 159 Å². The summed E-state index contributed by atoms with van der Waals surface area (Å²) in [6, 6.07) is 15.8. The van der Waals surface area contributed by atoms with Gasteiger partial charge in [-0.2, -0.15) is 4.73 Å². The van der Waals surface area contributed by atoms with Crippen LogP contribution in [-0.4, -0.2) is 22.5 Å². The minimum absolute atomic E-state index is 0.199. The molecule has 1 N–H and O–H groups in total. The van der Waals surface area contributed by atoms with Crippen LogP contribution in [0.25, 0.3) is 22.2 Å². The van der Waals surface area contributed by atoms with E-state index in [0.29, 0.717) is 18.2 Å². The van der Waals surface area contributed by atoms with Crippen molar-refractivity contribution in [2.45, 2.75) is 39.0 Å². The highest BCUT2D eigenvalue weighted by atomic mass is 16.5. The van der Waals surface area contributed by atoms with Crippen molar-refractivity contribution >= 4 is 16.9 Å². The van der Waals surface area contributed by atoms with E-state index in [0.717, 1.165) is 46.9 Å². The lowest BCUT2D eigenvalue weighted by Crippen LogP contribution is -2.17. The van der Waals surface area contributed by atoms with Crippen LogP contribution in [0.4, 0.5) is 0 Å². The summed E-state index contributed by atoms with van der Waals surface area (Å²) in [6.45, 7) is 4.20. The molecule has 1 unspecified atom stereocenters. The largest absolute Gasteiger partial charge is 0.466 e. The fourth-order valence-corrected chi connectivity index (χ4v) is 3.89. The fraction of sp³-hybridized carbons (Fsp3) is 0.348. The maximum absolute atomic E-state index is 12.9. The first-order valence-corrected chi connectivity index (χ1v) is 9.66. The predicted octanol–water partition coefficient (Wildman–Crippen LogP) is 5.30. The lowest BCUT2D eigenvalue weighted by molar-refractivity contribution is -0.145.